The summed E-state index contributed by atoms with van der Waals surface area (Å²) in [6.45, 7) is 6.82. The van der Waals surface area contributed by atoms with Crippen molar-refractivity contribution >= 4 is 0 Å². The summed E-state index contributed by atoms with van der Waals surface area (Å²) in [4.78, 5) is 2.19. The molecule has 1 aromatic rings. The molecule has 0 saturated carbocycles. The Bertz CT molecular complexity index is 339. The van der Waals surface area contributed by atoms with Crippen molar-refractivity contribution in [1.82, 2.24) is 10.2 Å². The van der Waals surface area contributed by atoms with Crippen molar-refractivity contribution in [3.63, 3.8) is 0 Å². The van der Waals surface area contributed by atoms with Gasteiger partial charge in [-0.1, -0.05) is 31.2 Å². The molecule has 0 atom stereocenters. The van der Waals surface area contributed by atoms with Crippen molar-refractivity contribution < 1.29 is 4.74 Å². The van der Waals surface area contributed by atoms with Crippen LogP contribution in [0, 0.1) is 0 Å². The van der Waals surface area contributed by atoms with Crippen LogP contribution in [0.15, 0.2) is 24.3 Å². The molecule has 0 aliphatic rings. The summed E-state index contributed by atoms with van der Waals surface area (Å²) in [6, 6.07) is 8.52. The summed E-state index contributed by atoms with van der Waals surface area (Å²) >= 11 is 0. The molecule has 0 spiro atoms. The largest absolute Gasteiger partial charge is 0.377 e. The topological polar surface area (TPSA) is 24.5 Å². The first kappa shape index (κ1) is 16.2. The number of nitrogens with zero attached hydrogens (tertiary/aromatic N) is 1. The van der Waals surface area contributed by atoms with Gasteiger partial charge >= 0.3 is 0 Å². The molecular weight excluding hydrogens is 236 g/mol. The van der Waals surface area contributed by atoms with E-state index >= 15 is 0 Å². The van der Waals surface area contributed by atoms with Gasteiger partial charge < -0.3 is 15.0 Å². The van der Waals surface area contributed by atoms with Crippen molar-refractivity contribution in [3.8, 4) is 0 Å². The lowest BCUT2D eigenvalue weighted by Crippen LogP contribution is -2.16. The van der Waals surface area contributed by atoms with E-state index in [0.29, 0.717) is 0 Å². The molecule has 3 heteroatoms. The summed E-state index contributed by atoms with van der Waals surface area (Å²) in [5, 5.41) is 3.45. The Morgan fingerprint density at radius 3 is 2.58 bits per heavy atom. The van der Waals surface area contributed by atoms with Crippen LogP contribution in [0.4, 0.5) is 0 Å². The van der Waals surface area contributed by atoms with Gasteiger partial charge in [-0.3, -0.25) is 0 Å². The second-order valence-electron chi connectivity index (χ2n) is 5.15. The Labute approximate surface area is 118 Å². The third kappa shape index (κ3) is 7.31. The Balaban J connectivity index is 2.31. The number of nitrogens with one attached hydrogen (secondary N) is 1. The molecule has 3 nitrogen and oxygen atoms in total. The fourth-order valence-electron chi connectivity index (χ4n) is 1.94. The molecule has 1 rings (SSSR count). The fourth-order valence-corrected chi connectivity index (χ4v) is 1.94. The van der Waals surface area contributed by atoms with E-state index in [-0.39, 0.29) is 0 Å². The van der Waals surface area contributed by atoms with Gasteiger partial charge in [0.25, 0.3) is 0 Å². The van der Waals surface area contributed by atoms with Crippen molar-refractivity contribution in [2.75, 3.05) is 33.8 Å². The molecule has 0 fully saturated rings. The lowest BCUT2D eigenvalue weighted by Gasteiger charge is -2.12. The molecule has 0 aliphatic heterocycles. The molecule has 0 aromatic heterocycles. The Hall–Kier alpha value is -0.900. The normalized spacial score (nSPS) is 11.2. The van der Waals surface area contributed by atoms with Gasteiger partial charge in [0.15, 0.2) is 0 Å². The standard InChI is InChI=1S/C16H28N2O/c1-4-10-17-13-15-8-5-6-9-16(15)14-19-12-7-11-18(2)3/h5-6,8-9,17H,4,7,10-14H2,1-3H3. The van der Waals surface area contributed by atoms with Crippen molar-refractivity contribution in [2.24, 2.45) is 0 Å². The molecule has 0 bridgehead atoms. The Morgan fingerprint density at radius 2 is 1.89 bits per heavy atom. The van der Waals surface area contributed by atoms with Crippen LogP contribution < -0.4 is 5.32 Å². The third-order valence-electron chi connectivity index (χ3n) is 3.01. The molecule has 0 heterocycles. The lowest BCUT2D eigenvalue weighted by molar-refractivity contribution is 0.112. The quantitative estimate of drug-likeness (QED) is 0.658. The third-order valence-corrected chi connectivity index (χ3v) is 3.01. The zero-order valence-corrected chi connectivity index (χ0v) is 12.6. The molecule has 108 valence electrons. The van der Waals surface area contributed by atoms with Crippen LogP contribution in [0.5, 0.6) is 0 Å². The second kappa shape index (κ2) is 9.96. The van der Waals surface area contributed by atoms with Crippen LogP contribution in [-0.4, -0.2) is 38.7 Å². The van der Waals surface area contributed by atoms with Gasteiger partial charge in [-0.15, -0.1) is 0 Å². The van der Waals surface area contributed by atoms with Gasteiger partial charge in [0.1, 0.15) is 0 Å². The van der Waals surface area contributed by atoms with E-state index in [4.69, 9.17) is 4.74 Å². The maximum Gasteiger partial charge on any atom is 0.0720 e. The van der Waals surface area contributed by atoms with Crippen LogP contribution in [0.1, 0.15) is 30.9 Å². The number of ether oxygens (including phenoxy) is 1. The van der Waals surface area contributed by atoms with Gasteiger partial charge in [-0.2, -0.15) is 0 Å². The maximum atomic E-state index is 5.76. The van der Waals surface area contributed by atoms with Gasteiger partial charge in [0, 0.05) is 13.2 Å². The minimum atomic E-state index is 0.720. The van der Waals surface area contributed by atoms with Gasteiger partial charge in [-0.05, 0) is 51.2 Å². The van der Waals surface area contributed by atoms with Crippen LogP contribution in [0.2, 0.25) is 0 Å². The molecule has 0 unspecified atom stereocenters. The van der Waals surface area contributed by atoms with Gasteiger partial charge in [0.2, 0.25) is 0 Å². The van der Waals surface area contributed by atoms with E-state index in [9.17, 15) is 0 Å². The molecule has 0 amide bonds. The predicted molar refractivity (Wildman–Crippen MR) is 81.3 cm³/mol. The average Bonchev–Trinajstić information content (AvgIpc) is 2.40. The Kier molecular flexibility index (Phi) is 8.47. The summed E-state index contributed by atoms with van der Waals surface area (Å²) in [7, 11) is 4.18. The van der Waals surface area contributed by atoms with E-state index in [1.807, 2.05) is 0 Å². The van der Waals surface area contributed by atoms with Crippen LogP contribution in [0.25, 0.3) is 0 Å². The highest BCUT2D eigenvalue weighted by molar-refractivity contribution is 5.26. The molecule has 0 saturated heterocycles. The highest BCUT2D eigenvalue weighted by Gasteiger charge is 2.01. The van der Waals surface area contributed by atoms with Gasteiger partial charge in [0.05, 0.1) is 6.61 Å². The summed E-state index contributed by atoms with van der Waals surface area (Å²) in [5.74, 6) is 0. The molecule has 19 heavy (non-hydrogen) atoms. The van der Waals surface area contributed by atoms with Gasteiger partial charge in [-0.25, -0.2) is 0 Å². The first-order valence-corrected chi connectivity index (χ1v) is 7.24. The van der Waals surface area contributed by atoms with Crippen LogP contribution in [0.3, 0.4) is 0 Å². The smallest absolute Gasteiger partial charge is 0.0720 e. The van der Waals surface area contributed by atoms with Crippen LogP contribution >= 0.6 is 0 Å². The fraction of sp³-hybridized carbons (Fsp3) is 0.625. The van der Waals surface area contributed by atoms with E-state index in [1.54, 1.807) is 0 Å². The first-order valence-electron chi connectivity index (χ1n) is 7.24. The lowest BCUT2D eigenvalue weighted by atomic mass is 10.1. The van der Waals surface area contributed by atoms with Crippen LogP contribution in [-0.2, 0) is 17.9 Å². The zero-order valence-electron chi connectivity index (χ0n) is 12.6. The molecule has 1 N–H and O–H groups in total. The number of rotatable bonds is 10. The summed E-state index contributed by atoms with van der Waals surface area (Å²) in [6.07, 6.45) is 2.26. The molecule has 0 aliphatic carbocycles. The Morgan fingerprint density at radius 1 is 1.16 bits per heavy atom. The number of benzene rings is 1. The maximum absolute atomic E-state index is 5.76. The highest BCUT2D eigenvalue weighted by atomic mass is 16.5. The number of hydrogen-bond acceptors (Lipinski definition) is 3. The SMILES string of the molecule is CCCNCc1ccccc1COCCCN(C)C. The minimum absolute atomic E-state index is 0.720. The molecular formula is C16H28N2O. The van der Waals surface area contributed by atoms with Crippen molar-refractivity contribution in [1.29, 1.82) is 0 Å². The molecule has 1 aromatic carbocycles. The van der Waals surface area contributed by atoms with E-state index < -0.39 is 0 Å². The first-order chi connectivity index (χ1) is 9.24. The monoisotopic (exact) mass is 264 g/mol. The summed E-state index contributed by atoms with van der Waals surface area (Å²) < 4.78 is 5.76. The van der Waals surface area contributed by atoms with Crippen molar-refractivity contribution in [3.05, 3.63) is 35.4 Å². The van der Waals surface area contributed by atoms with Crippen molar-refractivity contribution in [2.45, 2.75) is 32.9 Å². The van der Waals surface area contributed by atoms with E-state index in [2.05, 4.69) is 55.5 Å². The zero-order chi connectivity index (χ0) is 13.9. The highest BCUT2D eigenvalue weighted by Crippen LogP contribution is 2.10. The number of hydrogen-bond donors (Lipinski definition) is 1. The summed E-state index contributed by atoms with van der Waals surface area (Å²) in [5.41, 5.74) is 2.65. The second-order valence-corrected chi connectivity index (χ2v) is 5.15. The predicted octanol–water partition coefficient (Wildman–Crippen LogP) is 2.65. The molecule has 0 radical (unpaired) electrons. The van der Waals surface area contributed by atoms with E-state index in [0.717, 1.165) is 39.3 Å². The van der Waals surface area contributed by atoms with E-state index in [1.165, 1.54) is 17.5 Å². The minimum Gasteiger partial charge on any atom is -0.377 e. The average molecular weight is 264 g/mol.